The number of amides is 1. The molecule has 2 aromatic heterocycles. The van der Waals surface area contributed by atoms with Crippen LogP contribution in [0.15, 0.2) is 24.5 Å². The first-order valence-electron chi connectivity index (χ1n) is 7.37. The first kappa shape index (κ1) is 15.4. The minimum atomic E-state index is -0.501. The molecule has 1 aliphatic heterocycles. The molecule has 9 heteroatoms. The number of nitrogens with two attached hydrogens (primary N) is 1. The van der Waals surface area contributed by atoms with Gasteiger partial charge in [-0.3, -0.25) is 9.69 Å². The molecule has 1 atom stereocenters. The highest BCUT2D eigenvalue weighted by molar-refractivity contribution is 5.92. The van der Waals surface area contributed by atoms with E-state index in [1.54, 1.807) is 18.3 Å². The lowest BCUT2D eigenvalue weighted by atomic mass is 10.2. The van der Waals surface area contributed by atoms with Gasteiger partial charge in [-0.25, -0.2) is 4.98 Å². The highest BCUT2D eigenvalue weighted by Gasteiger charge is 2.22. The molecule has 1 amide bonds. The minimum absolute atomic E-state index is 0.372. The van der Waals surface area contributed by atoms with E-state index in [1.165, 1.54) is 6.20 Å². The number of nitrogens with zero attached hydrogens (tertiary/aromatic N) is 5. The van der Waals surface area contributed by atoms with Crippen LogP contribution in [0.1, 0.15) is 16.1 Å². The number of nitrogens with one attached hydrogen (secondary N) is 1. The van der Waals surface area contributed by atoms with Gasteiger partial charge in [-0.15, -0.1) is 0 Å². The summed E-state index contributed by atoms with van der Waals surface area (Å²) in [5.41, 5.74) is 6.43. The number of hydrogen-bond donors (Lipinski definition) is 3. The Labute approximate surface area is 133 Å². The van der Waals surface area contributed by atoms with Gasteiger partial charge in [-0.2, -0.15) is 15.4 Å². The van der Waals surface area contributed by atoms with Gasteiger partial charge in [0, 0.05) is 38.9 Å². The summed E-state index contributed by atoms with van der Waals surface area (Å²) in [6.45, 7) is 3.16. The number of aliphatic hydroxyl groups excluding tert-OH is 1. The van der Waals surface area contributed by atoms with Gasteiger partial charge in [0.05, 0.1) is 23.6 Å². The number of pyridine rings is 1. The molecule has 9 nitrogen and oxygen atoms in total. The highest BCUT2D eigenvalue weighted by Crippen LogP contribution is 2.15. The van der Waals surface area contributed by atoms with Crippen LogP contribution in [-0.2, 0) is 6.54 Å². The SMILES string of the molecule is NC(=O)c1ccc(N2CCN(Cc3cn[nH]n3)CC(O)C2)nc1. The van der Waals surface area contributed by atoms with Crippen LogP contribution < -0.4 is 10.6 Å². The van der Waals surface area contributed by atoms with Crippen molar-refractivity contribution in [3.8, 4) is 0 Å². The molecule has 1 aliphatic rings. The quantitative estimate of drug-likeness (QED) is 0.659. The van der Waals surface area contributed by atoms with Crippen molar-refractivity contribution in [2.45, 2.75) is 12.6 Å². The van der Waals surface area contributed by atoms with E-state index in [-0.39, 0.29) is 0 Å². The number of H-pyrrole nitrogens is 1. The second kappa shape index (κ2) is 6.71. The zero-order chi connectivity index (χ0) is 16.2. The number of aromatic nitrogens is 4. The van der Waals surface area contributed by atoms with Gasteiger partial charge < -0.3 is 15.7 Å². The molecule has 23 heavy (non-hydrogen) atoms. The van der Waals surface area contributed by atoms with E-state index < -0.39 is 12.0 Å². The zero-order valence-corrected chi connectivity index (χ0v) is 12.6. The highest BCUT2D eigenvalue weighted by atomic mass is 16.3. The van der Waals surface area contributed by atoms with E-state index in [0.717, 1.165) is 24.6 Å². The smallest absolute Gasteiger partial charge is 0.250 e. The predicted octanol–water partition coefficient (Wildman–Crippen LogP) is -1.02. The second-order valence-corrected chi connectivity index (χ2v) is 5.57. The second-order valence-electron chi connectivity index (χ2n) is 5.57. The van der Waals surface area contributed by atoms with E-state index in [1.807, 2.05) is 4.90 Å². The Bertz CT molecular complexity index is 644. The Morgan fingerprint density at radius 3 is 2.87 bits per heavy atom. The normalized spacial score (nSPS) is 19.5. The standard InChI is InChI=1S/C14H19N7O2/c15-14(23)10-1-2-13(16-5-10)21-4-3-20(8-12(22)9-21)7-11-6-17-19-18-11/h1-2,5-6,12,22H,3-4,7-9H2,(H2,15,23)(H,17,18,19). The van der Waals surface area contributed by atoms with Crippen LogP contribution in [-0.4, -0.2) is 68.6 Å². The Balaban J connectivity index is 1.66. The number of carbonyl (C=O) groups is 1. The third-order valence-corrected chi connectivity index (χ3v) is 3.79. The zero-order valence-electron chi connectivity index (χ0n) is 12.6. The fourth-order valence-corrected chi connectivity index (χ4v) is 2.66. The van der Waals surface area contributed by atoms with Crippen molar-refractivity contribution in [1.82, 2.24) is 25.3 Å². The van der Waals surface area contributed by atoms with E-state index in [0.29, 0.717) is 25.2 Å². The summed E-state index contributed by atoms with van der Waals surface area (Å²) in [5.74, 6) is 0.219. The average Bonchev–Trinajstić information content (AvgIpc) is 2.96. The van der Waals surface area contributed by atoms with Crippen molar-refractivity contribution in [2.24, 2.45) is 5.73 Å². The van der Waals surface area contributed by atoms with Crippen LogP contribution in [0.3, 0.4) is 0 Å². The van der Waals surface area contributed by atoms with E-state index in [2.05, 4.69) is 25.3 Å². The van der Waals surface area contributed by atoms with Gasteiger partial charge in [0.1, 0.15) is 5.82 Å². The van der Waals surface area contributed by atoms with Crippen LogP contribution >= 0.6 is 0 Å². The van der Waals surface area contributed by atoms with Crippen LogP contribution in [0.25, 0.3) is 0 Å². The van der Waals surface area contributed by atoms with Crippen molar-refractivity contribution in [2.75, 3.05) is 31.1 Å². The first-order chi connectivity index (χ1) is 11.1. The van der Waals surface area contributed by atoms with Crippen molar-refractivity contribution in [1.29, 1.82) is 0 Å². The monoisotopic (exact) mass is 317 g/mol. The predicted molar refractivity (Wildman–Crippen MR) is 82.6 cm³/mol. The fourth-order valence-electron chi connectivity index (χ4n) is 2.66. The van der Waals surface area contributed by atoms with Crippen molar-refractivity contribution in [3.63, 3.8) is 0 Å². The number of aliphatic hydroxyl groups is 1. The van der Waals surface area contributed by atoms with Gasteiger partial charge in [-0.1, -0.05) is 0 Å². The van der Waals surface area contributed by atoms with Crippen LogP contribution in [0.2, 0.25) is 0 Å². The Morgan fingerprint density at radius 1 is 1.35 bits per heavy atom. The fraction of sp³-hybridized carbons (Fsp3) is 0.429. The lowest BCUT2D eigenvalue weighted by molar-refractivity contribution is 0.1000. The van der Waals surface area contributed by atoms with E-state index in [9.17, 15) is 9.90 Å². The number of aromatic amines is 1. The summed E-state index contributed by atoms with van der Waals surface area (Å²) in [7, 11) is 0. The summed E-state index contributed by atoms with van der Waals surface area (Å²) in [6.07, 6.45) is 2.64. The number of carbonyl (C=O) groups excluding carboxylic acids is 1. The molecule has 0 radical (unpaired) electrons. The summed E-state index contributed by atoms with van der Waals surface area (Å²) in [5, 5.41) is 20.7. The number of anilines is 1. The lowest BCUT2D eigenvalue weighted by Gasteiger charge is -2.22. The van der Waals surface area contributed by atoms with E-state index >= 15 is 0 Å². The van der Waals surface area contributed by atoms with Crippen LogP contribution in [0.5, 0.6) is 0 Å². The molecular formula is C14H19N7O2. The molecule has 0 aliphatic carbocycles. The average molecular weight is 317 g/mol. The van der Waals surface area contributed by atoms with Gasteiger partial charge in [0.2, 0.25) is 5.91 Å². The Hall–Kier alpha value is -2.52. The van der Waals surface area contributed by atoms with Crippen molar-refractivity contribution < 1.29 is 9.90 Å². The minimum Gasteiger partial charge on any atom is -0.390 e. The molecule has 0 aromatic carbocycles. The van der Waals surface area contributed by atoms with Crippen molar-refractivity contribution >= 4 is 11.7 Å². The van der Waals surface area contributed by atoms with Gasteiger partial charge in [0.25, 0.3) is 0 Å². The molecule has 1 saturated heterocycles. The summed E-state index contributed by atoms with van der Waals surface area (Å²) >= 11 is 0. The summed E-state index contributed by atoms with van der Waals surface area (Å²) < 4.78 is 0. The topological polar surface area (TPSA) is 124 Å². The number of rotatable bonds is 4. The van der Waals surface area contributed by atoms with Crippen LogP contribution in [0.4, 0.5) is 5.82 Å². The van der Waals surface area contributed by atoms with Gasteiger partial charge >= 0.3 is 0 Å². The van der Waals surface area contributed by atoms with Gasteiger partial charge in [-0.05, 0) is 12.1 Å². The number of hydrogen-bond acceptors (Lipinski definition) is 7. The van der Waals surface area contributed by atoms with Crippen LogP contribution in [0, 0.1) is 0 Å². The maximum absolute atomic E-state index is 11.1. The van der Waals surface area contributed by atoms with E-state index in [4.69, 9.17) is 5.73 Å². The molecule has 3 rings (SSSR count). The molecule has 3 heterocycles. The Morgan fingerprint density at radius 2 is 2.22 bits per heavy atom. The van der Waals surface area contributed by atoms with Crippen molar-refractivity contribution in [3.05, 3.63) is 35.8 Å². The summed E-state index contributed by atoms with van der Waals surface area (Å²) in [6, 6.07) is 3.40. The maximum atomic E-state index is 11.1. The molecule has 122 valence electrons. The molecule has 1 fully saturated rings. The first-order valence-corrected chi connectivity index (χ1v) is 7.37. The lowest BCUT2D eigenvalue weighted by Crippen LogP contribution is -2.33. The molecule has 0 saturated carbocycles. The maximum Gasteiger partial charge on any atom is 0.250 e. The van der Waals surface area contributed by atoms with Gasteiger partial charge in [0.15, 0.2) is 0 Å². The number of β-amino-alcohol motifs (C(OH)–C–C–N with tert-alkyl or cyclic N) is 1. The largest absolute Gasteiger partial charge is 0.390 e. The summed E-state index contributed by atoms with van der Waals surface area (Å²) in [4.78, 5) is 19.5. The molecular weight excluding hydrogens is 298 g/mol. The molecule has 2 aromatic rings. The third-order valence-electron chi connectivity index (χ3n) is 3.79. The molecule has 0 bridgehead atoms. The molecule has 1 unspecified atom stereocenters. The molecule has 4 N–H and O–H groups in total. The third kappa shape index (κ3) is 3.82. The Kier molecular flexibility index (Phi) is 4.49. The molecule has 0 spiro atoms. The number of primary amides is 1.